The number of halogens is 1. The van der Waals surface area contributed by atoms with Crippen LogP contribution < -0.4 is 17.0 Å². The van der Waals surface area contributed by atoms with Gasteiger partial charge in [-0.05, 0) is 44.0 Å². The third kappa shape index (κ3) is 6.92. The number of piperazine rings is 3. The first-order valence-electron chi connectivity index (χ1n) is 19.6. The van der Waals surface area contributed by atoms with Gasteiger partial charge in [-0.25, -0.2) is 14.4 Å². The maximum Gasteiger partial charge on any atom is 0.355 e. The number of aliphatic hydroxyl groups excluding tert-OH is 1. The van der Waals surface area contributed by atoms with Crippen LogP contribution in [-0.2, 0) is 35.0 Å². The van der Waals surface area contributed by atoms with Crippen LogP contribution in [0.5, 0.6) is 0 Å². The second-order valence-corrected chi connectivity index (χ2v) is 16.6. The molecule has 13 heteroatoms. The van der Waals surface area contributed by atoms with E-state index in [1.165, 1.54) is 7.11 Å². The van der Waals surface area contributed by atoms with E-state index >= 15 is 0 Å². The molecule has 0 radical (unpaired) electrons. The molecule has 5 fully saturated rings. The summed E-state index contributed by atoms with van der Waals surface area (Å²) in [5.41, 5.74) is 1.70. The number of ether oxygens (including phenoxy) is 5. The van der Waals surface area contributed by atoms with Crippen molar-refractivity contribution in [1.29, 1.82) is 0 Å². The molecule has 1 aromatic carbocycles. The molecule has 298 valence electrons. The van der Waals surface area contributed by atoms with Gasteiger partial charge in [0.15, 0.2) is 6.10 Å². The van der Waals surface area contributed by atoms with Gasteiger partial charge in [0.1, 0.15) is 42.3 Å². The van der Waals surface area contributed by atoms with Gasteiger partial charge in [-0.2, -0.15) is 0 Å². The highest BCUT2D eigenvalue weighted by molar-refractivity contribution is 5.91. The van der Waals surface area contributed by atoms with Crippen molar-refractivity contribution in [3.05, 3.63) is 83.2 Å². The molecule has 2 aromatic rings. The van der Waals surface area contributed by atoms with Crippen LogP contribution in [0.1, 0.15) is 60.5 Å². The molecular weight excluding hydrogens is 770 g/mol. The number of carbonyl (C=O) groups is 3. The molecule has 2 aliphatic carbocycles. The number of nitrogens with one attached hydrogen (secondary N) is 1. The van der Waals surface area contributed by atoms with Crippen LogP contribution in [0.25, 0.3) is 0 Å². The molecular formula is C42H54BrN3O9. The average Bonchev–Trinajstić information content (AvgIpc) is 3.78. The number of fused-ring (bicyclic) bond motifs is 3. The van der Waals surface area contributed by atoms with Gasteiger partial charge in [-0.15, -0.1) is 0 Å². The third-order valence-electron chi connectivity index (χ3n) is 13.6. The minimum atomic E-state index is -1.01. The van der Waals surface area contributed by atoms with Gasteiger partial charge in [-0.1, -0.05) is 50.3 Å². The van der Waals surface area contributed by atoms with Gasteiger partial charge in [0.25, 0.3) is 0 Å². The quantitative estimate of drug-likeness (QED) is 0.171. The van der Waals surface area contributed by atoms with E-state index in [4.69, 9.17) is 23.7 Å². The van der Waals surface area contributed by atoms with Crippen molar-refractivity contribution in [2.45, 2.75) is 82.9 Å². The molecule has 2 unspecified atom stereocenters. The number of hydrogen-bond acceptors (Lipinski definition) is 10. The van der Waals surface area contributed by atoms with Gasteiger partial charge in [0.2, 0.25) is 0 Å². The zero-order valence-electron chi connectivity index (χ0n) is 32.3. The summed E-state index contributed by atoms with van der Waals surface area (Å²) < 4.78 is 32.4. The van der Waals surface area contributed by atoms with Crippen molar-refractivity contribution < 1.29 is 64.6 Å². The normalized spacial score (nSPS) is 40.4. The minimum Gasteiger partial charge on any atom is -1.00 e. The smallest absolute Gasteiger partial charge is 0.355 e. The minimum absolute atomic E-state index is 0. The van der Waals surface area contributed by atoms with Crippen LogP contribution in [0.2, 0.25) is 0 Å². The largest absolute Gasteiger partial charge is 1.00 e. The van der Waals surface area contributed by atoms with Crippen molar-refractivity contribution in [1.82, 2.24) is 9.88 Å². The van der Waals surface area contributed by atoms with E-state index in [-0.39, 0.29) is 41.2 Å². The van der Waals surface area contributed by atoms with E-state index in [0.29, 0.717) is 11.3 Å². The lowest BCUT2D eigenvalue weighted by atomic mass is 9.57. The van der Waals surface area contributed by atoms with Crippen LogP contribution in [0, 0.1) is 29.6 Å². The Kier molecular flexibility index (Phi) is 11.3. The van der Waals surface area contributed by atoms with E-state index in [0.717, 1.165) is 61.4 Å². The van der Waals surface area contributed by atoms with Crippen molar-refractivity contribution in [2.24, 2.45) is 29.6 Å². The Bertz CT molecular complexity index is 1790. The summed E-state index contributed by atoms with van der Waals surface area (Å²) in [5, 5.41) is 12.0. The number of cyclic esters (lactones) is 1. The first kappa shape index (κ1) is 39.9. The lowest BCUT2D eigenvalue weighted by Crippen LogP contribution is -3.00. The summed E-state index contributed by atoms with van der Waals surface area (Å²) in [4.78, 5) is 46.5. The molecule has 1 saturated carbocycles. The highest BCUT2D eigenvalue weighted by atomic mass is 79.9. The third-order valence-corrected chi connectivity index (χ3v) is 13.6. The fourth-order valence-corrected chi connectivity index (χ4v) is 10.6. The number of aliphatic hydroxyl groups is 1. The van der Waals surface area contributed by atoms with Gasteiger partial charge in [-0.3, -0.25) is 4.90 Å². The summed E-state index contributed by atoms with van der Waals surface area (Å²) in [5.74, 6) is -3.25. The molecule has 0 amide bonds. The van der Waals surface area contributed by atoms with Gasteiger partial charge < -0.3 is 55.2 Å². The number of rotatable bonds is 8. The molecule has 2 N–H and O–H groups in total. The number of carbonyl (C=O) groups excluding carboxylic acids is 3. The molecule has 1 spiro atoms. The number of aromatic amines is 1. The predicted octanol–water partition coefficient (Wildman–Crippen LogP) is 0.915. The fourth-order valence-electron chi connectivity index (χ4n) is 10.6. The zero-order valence-corrected chi connectivity index (χ0v) is 33.9. The summed E-state index contributed by atoms with van der Waals surface area (Å²) in [7, 11) is 1.48. The Hall–Kier alpha value is -3.33. The topological polar surface area (TPSA) is 137 Å². The summed E-state index contributed by atoms with van der Waals surface area (Å²) in [6, 6.07) is 11.1. The molecule has 12 nitrogen and oxygen atoms in total. The van der Waals surface area contributed by atoms with E-state index < -0.39 is 72.0 Å². The van der Waals surface area contributed by atoms with Crippen LogP contribution in [0.4, 0.5) is 0 Å². The molecule has 9 rings (SSSR count). The summed E-state index contributed by atoms with van der Waals surface area (Å²) in [6.45, 7) is 14.8. The number of benzene rings is 1. The number of H-pyrrole nitrogens is 1. The lowest BCUT2D eigenvalue weighted by molar-refractivity contribution is -0.953. The highest BCUT2D eigenvalue weighted by Gasteiger charge is 2.69. The number of hydrogen-bond donors (Lipinski definition) is 2. The Morgan fingerprint density at radius 2 is 1.80 bits per heavy atom. The molecule has 4 saturated heterocycles. The number of esters is 3. The Morgan fingerprint density at radius 1 is 1.07 bits per heavy atom. The van der Waals surface area contributed by atoms with Crippen molar-refractivity contribution in [3.63, 3.8) is 0 Å². The first-order valence-corrected chi connectivity index (χ1v) is 19.6. The second kappa shape index (κ2) is 15.5. The number of methoxy groups -OCH3 is 1. The maximum atomic E-state index is 14.0. The maximum absolute atomic E-state index is 14.0. The number of aromatic nitrogens is 1. The summed E-state index contributed by atoms with van der Waals surface area (Å²) >= 11 is 0. The molecule has 6 bridgehead atoms. The molecule has 1 aromatic heterocycles. The van der Waals surface area contributed by atoms with E-state index in [2.05, 4.69) is 16.0 Å². The Morgan fingerprint density at radius 3 is 2.49 bits per heavy atom. The van der Waals surface area contributed by atoms with Crippen molar-refractivity contribution >= 4 is 17.9 Å². The van der Waals surface area contributed by atoms with Crippen LogP contribution >= 0.6 is 0 Å². The van der Waals surface area contributed by atoms with Gasteiger partial charge in [0.05, 0.1) is 31.3 Å². The van der Waals surface area contributed by atoms with Gasteiger partial charge >= 0.3 is 17.9 Å². The van der Waals surface area contributed by atoms with E-state index in [9.17, 15) is 19.5 Å². The van der Waals surface area contributed by atoms with Crippen molar-refractivity contribution in [2.75, 3.05) is 46.4 Å². The zero-order chi connectivity index (χ0) is 37.9. The first-order chi connectivity index (χ1) is 25.9. The second-order valence-electron chi connectivity index (χ2n) is 16.6. The number of nitrogens with zero attached hydrogens (tertiary/aromatic N) is 2. The highest BCUT2D eigenvalue weighted by Crippen LogP contribution is 2.61. The molecule has 55 heavy (non-hydrogen) atoms. The standard InChI is InChI=1S/C42H53N3O9.BrH/c1-24-21-25(2)42-29(12-13-31-34(42)35(46)26(3)37(38(31)54-42)53-40(48)32-11-8-14-43-32)22-33(50-5)41(49)52-36(24)27(4)51-39(47)30-10-7-6-9-28(30)23-45-18-15-44(16-19-45)17-20-45;/h6-14,21,24,26-27,29,31,33-38,46H,15-20,22-23H2,1-5H3;1H/b25-21+;/t24-,26-,27?,29?,31-,33+,34+,35-,36+,37-,38-,42+;/m1./s1. The Balaban J connectivity index is 0.00000465. The Labute approximate surface area is 333 Å². The SMILES string of the molecule is CO[C@H]1CC2C=C[C@H]3[C@H]4O[C@]2(/C(C)=C/[C@@H](C)[C@@H](C(C)OC(=O)c2ccccc2C[N+]25CCN(CC2)CC5)OC1=O)[C@@H]3[C@H](O)[C@@H](C)[C@H]4OC(=O)c1ccc[nH]1.[Br-]. The molecule has 12 atom stereocenters. The average molecular weight is 825 g/mol. The lowest BCUT2D eigenvalue weighted by Gasteiger charge is -2.50. The monoisotopic (exact) mass is 823 g/mol. The number of quaternary nitrogens is 1. The van der Waals surface area contributed by atoms with Crippen molar-refractivity contribution in [3.8, 4) is 0 Å². The molecule has 7 aliphatic rings. The van der Waals surface area contributed by atoms with Crippen LogP contribution in [-0.4, -0.2) is 126 Å². The fraction of sp³-hybridized carbons (Fsp3) is 0.595. The van der Waals surface area contributed by atoms with Gasteiger partial charge in [0, 0.05) is 68.1 Å². The van der Waals surface area contributed by atoms with Crippen LogP contribution in [0.15, 0.2) is 66.4 Å². The van der Waals surface area contributed by atoms with Crippen LogP contribution in [0.3, 0.4) is 0 Å². The molecule has 5 aliphatic heterocycles. The molecule has 6 heterocycles. The van der Waals surface area contributed by atoms with E-state index in [1.54, 1.807) is 25.3 Å². The summed E-state index contributed by atoms with van der Waals surface area (Å²) in [6.07, 6.45) is 3.38. The predicted molar refractivity (Wildman–Crippen MR) is 197 cm³/mol. The van der Waals surface area contributed by atoms with E-state index in [1.807, 2.05) is 57.2 Å².